The number of anilines is 1. The van der Waals surface area contributed by atoms with Crippen LogP contribution in [0.2, 0.25) is 0 Å². The third-order valence-corrected chi connectivity index (χ3v) is 5.17. The zero-order chi connectivity index (χ0) is 13.8. The second kappa shape index (κ2) is 6.42. The maximum atomic E-state index is 5.94. The van der Waals surface area contributed by atoms with E-state index >= 15 is 0 Å². The monoisotopic (exact) mass is 286 g/mol. The first-order valence-electron chi connectivity index (χ1n) is 7.48. The van der Waals surface area contributed by atoms with E-state index in [0.29, 0.717) is 12.0 Å². The van der Waals surface area contributed by atoms with E-state index in [4.69, 9.17) is 5.73 Å². The molecule has 1 aromatic heterocycles. The fourth-order valence-corrected chi connectivity index (χ4v) is 3.90. The highest BCUT2D eigenvalue weighted by Crippen LogP contribution is 2.34. The zero-order valence-corrected chi connectivity index (χ0v) is 12.5. The molecule has 2 nitrogen and oxygen atoms in total. The lowest BCUT2D eigenvalue weighted by Crippen LogP contribution is -2.36. The van der Waals surface area contributed by atoms with Crippen LogP contribution in [0, 0.1) is 5.92 Å². The molecule has 2 aromatic rings. The summed E-state index contributed by atoms with van der Waals surface area (Å²) in [5.41, 5.74) is 8.50. The van der Waals surface area contributed by atoms with Crippen LogP contribution in [-0.2, 0) is 0 Å². The van der Waals surface area contributed by atoms with Gasteiger partial charge in [0.25, 0.3) is 0 Å². The van der Waals surface area contributed by atoms with Crippen molar-refractivity contribution in [2.45, 2.75) is 31.7 Å². The SMILES string of the molecule is NCC1CCCCC1Nc1ccccc1-c1cccs1. The number of rotatable bonds is 4. The summed E-state index contributed by atoms with van der Waals surface area (Å²) in [4.78, 5) is 1.33. The van der Waals surface area contributed by atoms with E-state index < -0.39 is 0 Å². The lowest BCUT2D eigenvalue weighted by Gasteiger charge is -2.32. The van der Waals surface area contributed by atoms with E-state index in [-0.39, 0.29) is 0 Å². The first-order chi connectivity index (χ1) is 9.88. The lowest BCUT2D eigenvalue weighted by molar-refractivity contribution is 0.333. The van der Waals surface area contributed by atoms with E-state index in [1.54, 1.807) is 11.3 Å². The van der Waals surface area contributed by atoms with Crippen LogP contribution in [-0.4, -0.2) is 12.6 Å². The normalized spacial score (nSPS) is 22.6. The number of hydrogen-bond donors (Lipinski definition) is 2. The molecule has 3 N–H and O–H groups in total. The van der Waals surface area contributed by atoms with Crippen LogP contribution in [0.25, 0.3) is 10.4 Å². The zero-order valence-electron chi connectivity index (χ0n) is 11.7. The molecule has 0 radical (unpaired) electrons. The highest BCUT2D eigenvalue weighted by molar-refractivity contribution is 7.13. The molecule has 3 rings (SSSR count). The highest BCUT2D eigenvalue weighted by atomic mass is 32.1. The minimum atomic E-state index is 0.523. The van der Waals surface area contributed by atoms with Crippen LogP contribution < -0.4 is 11.1 Å². The number of nitrogens with two attached hydrogens (primary N) is 1. The molecule has 1 fully saturated rings. The van der Waals surface area contributed by atoms with E-state index in [1.165, 1.54) is 41.8 Å². The molecule has 1 aromatic carbocycles. The molecule has 1 saturated carbocycles. The summed E-state index contributed by atoms with van der Waals surface area (Å²) in [5, 5.41) is 5.90. The van der Waals surface area contributed by atoms with Gasteiger partial charge in [0.2, 0.25) is 0 Å². The summed E-state index contributed by atoms with van der Waals surface area (Å²) in [6.07, 6.45) is 5.14. The summed E-state index contributed by atoms with van der Waals surface area (Å²) in [7, 11) is 0. The third-order valence-electron chi connectivity index (χ3n) is 4.27. The summed E-state index contributed by atoms with van der Waals surface area (Å²) in [6, 6.07) is 13.4. The first kappa shape index (κ1) is 13.7. The molecule has 1 aliphatic carbocycles. The van der Waals surface area contributed by atoms with Crippen molar-refractivity contribution in [3.8, 4) is 10.4 Å². The van der Waals surface area contributed by atoms with Gasteiger partial charge in [0.05, 0.1) is 0 Å². The Kier molecular flexibility index (Phi) is 4.38. The van der Waals surface area contributed by atoms with Crippen LogP contribution in [0.1, 0.15) is 25.7 Å². The Bertz CT molecular complexity index is 536. The van der Waals surface area contributed by atoms with Gasteiger partial charge in [-0.3, -0.25) is 0 Å². The first-order valence-corrected chi connectivity index (χ1v) is 8.36. The fraction of sp³-hybridized carbons (Fsp3) is 0.412. The Morgan fingerprint density at radius 3 is 2.75 bits per heavy atom. The van der Waals surface area contributed by atoms with Crippen molar-refractivity contribution < 1.29 is 0 Å². The van der Waals surface area contributed by atoms with Crippen molar-refractivity contribution in [1.82, 2.24) is 0 Å². The molecule has 1 aliphatic rings. The number of benzene rings is 1. The topological polar surface area (TPSA) is 38.0 Å². The molecule has 0 amide bonds. The smallest absolute Gasteiger partial charge is 0.0430 e. The van der Waals surface area contributed by atoms with Crippen LogP contribution in [0.4, 0.5) is 5.69 Å². The Balaban J connectivity index is 1.83. The van der Waals surface area contributed by atoms with E-state index in [9.17, 15) is 0 Å². The molecule has 0 saturated heterocycles. The number of hydrogen-bond acceptors (Lipinski definition) is 3. The number of para-hydroxylation sites is 1. The van der Waals surface area contributed by atoms with E-state index in [2.05, 4.69) is 47.1 Å². The van der Waals surface area contributed by atoms with Crippen molar-refractivity contribution in [3.63, 3.8) is 0 Å². The fourth-order valence-electron chi connectivity index (χ4n) is 3.14. The molecule has 2 unspecified atom stereocenters. The molecular formula is C17H22N2S. The van der Waals surface area contributed by atoms with Crippen molar-refractivity contribution in [2.75, 3.05) is 11.9 Å². The van der Waals surface area contributed by atoms with Crippen molar-refractivity contribution in [2.24, 2.45) is 11.7 Å². The average Bonchev–Trinajstić information content (AvgIpc) is 3.02. The molecule has 2 atom stereocenters. The van der Waals surface area contributed by atoms with Gasteiger partial charge >= 0.3 is 0 Å². The predicted molar refractivity (Wildman–Crippen MR) is 88.2 cm³/mol. The van der Waals surface area contributed by atoms with Crippen molar-refractivity contribution in [1.29, 1.82) is 0 Å². The van der Waals surface area contributed by atoms with E-state index in [1.807, 2.05) is 0 Å². The molecule has 1 heterocycles. The van der Waals surface area contributed by atoms with Crippen LogP contribution in [0.3, 0.4) is 0 Å². The third kappa shape index (κ3) is 2.89. The Labute approximate surface area is 125 Å². The maximum Gasteiger partial charge on any atom is 0.0430 e. The lowest BCUT2D eigenvalue weighted by atomic mass is 9.84. The summed E-state index contributed by atoms with van der Waals surface area (Å²) in [6.45, 7) is 0.791. The maximum absolute atomic E-state index is 5.94. The molecule has 0 aliphatic heterocycles. The second-order valence-electron chi connectivity index (χ2n) is 5.55. The molecule has 20 heavy (non-hydrogen) atoms. The minimum Gasteiger partial charge on any atom is -0.381 e. The number of nitrogens with one attached hydrogen (secondary N) is 1. The molecule has 0 bridgehead atoms. The summed E-state index contributed by atoms with van der Waals surface area (Å²) in [5.74, 6) is 0.611. The van der Waals surface area contributed by atoms with Crippen molar-refractivity contribution in [3.05, 3.63) is 41.8 Å². The van der Waals surface area contributed by atoms with Crippen molar-refractivity contribution >= 4 is 17.0 Å². The molecular weight excluding hydrogens is 264 g/mol. The van der Waals surface area contributed by atoms with Gasteiger partial charge in [0.1, 0.15) is 0 Å². The number of thiophene rings is 1. The van der Waals surface area contributed by atoms with Crippen LogP contribution in [0.5, 0.6) is 0 Å². The molecule has 3 heteroatoms. The Hall–Kier alpha value is -1.32. The summed E-state index contributed by atoms with van der Waals surface area (Å²) >= 11 is 1.79. The standard InChI is InChI=1S/C17H22N2S/c18-12-13-6-1-3-8-15(13)19-16-9-4-2-7-14(16)17-10-5-11-20-17/h2,4-5,7,9-11,13,15,19H,1,3,6,8,12,18H2. The minimum absolute atomic E-state index is 0.523. The van der Waals surface area contributed by atoms with Crippen LogP contribution >= 0.6 is 11.3 Å². The quantitative estimate of drug-likeness (QED) is 0.877. The Morgan fingerprint density at radius 2 is 1.95 bits per heavy atom. The molecule has 0 spiro atoms. The van der Waals surface area contributed by atoms with Gasteiger partial charge in [-0.1, -0.05) is 37.1 Å². The van der Waals surface area contributed by atoms with Gasteiger partial charge in [-0.15, -0.1) is 11.3 Å². The summed E-state index contributed by atoms with van der Waals surface area (Å²) < 4.78 is 0. The Morgan fingerprint density at radius 1 is 1.10 bits per heavy atom. The van der Waals surface area contributed by atoms with Gasteiger partial charge < -0.3 is 11.1 Å². The molecule has 106 valence electrons. The van der Waals surface area contributed by atoms with Gasteiger partial charge in [0, 0.05) is 22.2 Å². The van der Waals surface area contributed by atoms with Gasteiger partial charge in [0.15, 0.2) is 0 Å². The second-order valence-corrected chi connectivity index (χ2v) is 6.50. The van der Waals surface area contributed by atoms with Gasteiger partial charge in [-0.25, -0.2) is 0 Å². The van der Waals surface area contributed by atoms with Gasteiger partial charge in [-0.05, 0) is 42.8 Å². The largest absolute Gasteiger partial charge is 0.381 e. The van der Waals surface area contributed by atoms with Crippen LogP contribution in [0.15, 0.2) is 41.8 Å². The average molecular weight is 286 g/mol. The van der Waals surface area contributed by atoms with Gasteiger partial charge in [-0.2, -0.15) is 0 Å². The highest BCUT2D eigenvalue weighted by Gasteiger charge is 2.24. The van der Waals surface area contributed by atoms with E-state index in [0.717, 1.165) is 6.54 Å². The predicted octanol–water partition coefficient (Wildman–Crippen LogP) is 4.34.